The van der Waals surface area contributed by atoms with Gasteiger partial charge in [0.1, 0.15) is 0 Å². The van der Waals surface area contributed by atoms with Crippen molar-refractivity contribution in [1.29, 1.82) is 0 Å². The van der Waals surface area contributed by atoms with E-state index in [0.717, 1.165) is 29.9 Å². The molecule has 9 heteroatoms. The molecule has 3 aromatic rings. The van der Waals surface area contributed by atoms with E-state index in [1.165, 1.54) is 0 Å². The van der Waals surface area contributed by atoms with Gasteiger partial charge in [0.25, 0.3) is 5.82 Å². The second kappa shape index (κ2) is 9.36. The molecule has 3 rings (SSSR count). The maximum atomic E-state index is 12.4. The monoisotopic (exact) mass is 405 g/mol. The number of nitrogens with zero attached hydrogens (tertiary/aromatic N) is 4. The third-order valence-electron chi connectivity index (χ3n) is 4.15. The lowest BCUT2D eigenvalue weighted by Gasteiger charge is -2.07. The van der Waals surface area contributed by atoms with Crippen molar-refractivity contribution in [3.63, 3.8) is 0 Å². The Morgan fingerprint density at radius 2 is 1.86 bits per heavy atom. The highest BCUT2D eigenvalue weighted by molar-refractivity contribution is 6.31. The smallest absolute Gasteiger partial charge is 0.361 e. The van der Waals surface area contributed by atoms with E-state index in [9.17, 15) is 4.79 Å². The van der Waals surface area contributed by atoms with Crippen LogP contribution in [0.5, 0.6) is 0 Å². The number of hydrogen-bond acceptors (Lipinski definition) is 6. The number of hydrogen-bond donors (Lipinski definition) is 2. The number of halogens is 1. The number of aryl methyl sites for hydroxylation is 2. The molecule has 1 aromatic carbocycles. The average Bonchev–Trinajstić information content (AvgIpc) is 3.02. The van der Waals surface area contributed by atoms with Gasteiger partial charge in [0.15, 0.2) is 40.1 Å². The Bertz CT molecular complexity index is 945. The molecule has 28 heavy (non-hydrogen) atoms. The van der Waals surface area contributed by atoms with Gasteiger partial charge in [0.05, 0.1) is 13.1 Å². The number of nitrogen functional groups attached to an aromatic ring is 2. The maximum Gasteiger partial charge on any atom is 0.361 e. The Morgan fingerprint density at radius 3 is 2.50 bits per heavy atom. The van der Waals surface area contributed by atoms with Crippen molar-refractivity contribution >= 4 is 40.2 Å². The fourth-order valence-corrected chi connectivity index (χ4v) is 3.12. The van der Waals surface area contributed by atoms with Gasteiger partial charge >= 0.3 is 5.97 Å². The molecule has 8 nitrogen and oxygen atoms in total. The number of rotatable bonds is 5. The van der Waals surface area contributed by atoms with Gasteiger partial charge < -0.3 is 16.2 Å². The zero-order valence-corrected chi connectivity index (χ0v) is 17.3. The van der Waals surface area contributed by atoms with Gasteiger partial charge in [0.2, 0.25) is 0 Å². The fourth-order valence-electron chi connectivity index (χ4n) is 3.00. The van der Waals surface area contributed by atoms with Gasteiger partial charge in [-0.05, 0) is 26.0 Å². The number of carbonyl (C=O) groups excluding carboxylic acids is 1. The quantitative estimate of drug-likeness (QED) is 0.498. The van der Waals surface area contributed by atoms with Crippen molar-refractivity contribution in [3.8, 4) is 0 Å². The zero-order chi connectivity index (χ0) is 20.8. The number of fused-ring (bicyclic) bond motifs is 1. The van der Waals surface area contributed by atoms with Crippen LogP contribution in [0, 0.1) is 0 Å². The van der Waals surface area contributed by atoms with Crippen molar-refractivity contribution in [3.05, 3.63) is 40.9 Å². The fraction of sp³-hybridized carbons (Fsp3) is 0.368. The Balaban J connectivity index is 0.00000136. The van der Waals surface area contributed by atoms with Crippen molar-refractivity contribution in [2.45, 2.75) is 47.4 Å². The molecule has 2 heterocycles. The Morgan fingerprint density at radius 1 is 1.18 bits per heavy atom. The number of anilines is 2. The molecule has 0 bridgehead atoms. The lowest BCUT2D eigenvalue weighted by atomic mass is 10.3. The summed E-state index contributed by atoms with van der Waals surface area (Å²) in [7, 11) is 0. The van der Waals surface area contributed by atoms with E-state index in [-0.39, 0.29) is 29.1 Å². The van der Waals surface area contributed by atoms with Crippen LogP contribution in [0.25, 0.3) is 11.0 Å². The van der Waals surface area contributed by atoms with Crippen LogP contribution in [0.2, 0.25) is 5.15 Å². The molecule has 4 N–H and O–H groups in total. The van der Waals surface area contributed by atoms with Crippen molar-refractivity contribution in [1.82, 2.24) is 14.5 Å². The van der Waals surface area contributed by atoms with Gasteiger partial charge in [-0.15, -0.1) is 0 Å². The number of esters is 1. The number of benzene rings is 1. The zero-order valence-electron chi connectivity index (χ0n) is 16.6. The Hall–Kier alpha value is -2.87. The lowest BCUT2D eigenvalue weighted by molar-refractivity contribution is -0.678. The molecule has 0 aliphatic heterocycles. The molecular weight excluding hydrogens is 380 g/mol. The lowest BCUT2D eigenvalue weighted by Crippen LogP contribution is -2.37. The van der Waals surface area contributed by atoms with Crippen LogP contribution in [0.3, 0.4) is 0 Å². The molecule has 0 aliphatic rings. The Labute approximate surface area is 169 Å². The van der Waals surface area contributed by atoms with Crippen LogP contribution >= 0.6 is 11.6 Å². The van der Waals surface area contributed by atoms with Gasteiger partial charge in [0, 0.05) is 0 Å². The van der Waals surface area contributed by atoms with E-state index in [2.05, 4.69) is 19.1 Å². The number of ether oxygens (including phenoxy) is 1. The van der Waals surface area contributed by atoms with Crippen LogP contribution in [0.4, 0.5) is 11.6 Å². The summed E-state index contributed by atoms with van der Waals surface area (Å²) in [4.78, 5) is 20.1. The van der Waals surface area contributed by atoms with E-state index in [1.807, 2.05) is 52.0 Å². The standard InChI is InChI=1S/C17H19ClN6O2.C2H6/c1-3-23-10-7-5-6-8-11(10)24(4-2)12(23)9-26-17(25)13-15(19)22-16(20)14(18)21-13;1-2/h5-8H,3-4,9H2,1-2H3,(H3-,19,20,22,25);1-2H3/p+1. The summed E-state index contributed by atoms with van der Waals surface area (Å²) in [5, 5.41) is -0.0857. The summed E-state index contributed by atoms with van der Waals surface area (Å²) < 4.78 is 9.66. The number of imidazole rings is 1. The Kier molecular flexibility index (Phi) is 7.17. The number of carbonyl (C=O) groups is 1. The minimum Gasteiger partial charge on any atom is -0.448 e. The average molecular weight is 406 g/mol. The predicted octanol–water partition coefficient (Wildman–Crippen LogP) is 2.96. The predicted molar refractivity (Wildman–Crippen MR) is 110 cm³/mol. The first-order valence-electron chi connectivity index (χ1n) is 9.23. The second-order valence-corrected chi connectivity index (χ2v) is 5.96. The molecule has 0 unspecified atom stereocenters. The first-order valence-corrected chi connectivity index (χ1v) is 9.61. The molecule has 0 saturated heterocycles. The summed E-state index contributed by atoms with van der Waals surface area (Å²) in [6, 6.07) is 8.05. The summed E-state index contributed by atoms with van der Waals surface area (Å²) in [6.07, 6.45) is 0. The van der Waals surface area contributed by atoms with Gasteiger partial charge in [-0.1, -0.05) is 37.6 Å². The molecule has 0 aliphatic carbocycles. The number of nitrogens with two attached hydrogens (primary N) is 2. The topological polar surface area (TPSA) is 113 Å². The third kappa shape index (κ3) is 4.01. The highest BCUT2D eigenvalue weighted by Gasteiger charge is 2.25. The molecule has 0 fully saturated rings. The molecule has 0 radical (unpaired) electrons. The third-order valence-corrected chi connectivity index (χ3v) is 4.43. The summed E-state index contributed by atoms with van der Waals surface area (Å²) in [6.45, 7) is 9.65. The molecule has 0 atom stereocenters. The first kappa shape index (κ1) is 21.4. The first-order chi connectivity index (χ1) is 13.5. The molecule has 150 valence electrons. The highest BCUT2D eigenvalue weighted by Crippen LogP contribution is 2.19. The van der Waals surface area contributed by atoms with E-state index in [0.29, 0.717) is 0 Å². The van der Waals surface area contributed by atoms with Crippen LogP contribution < -0.4 is 16.0 Å². The summed E-state index contributed by atoms with van der Waals surface area (Å²) in [5.74, 6) is 0.0250. The van der Waals surface area contributed by atoms with Crippen molar-refractivity contribution < 1.29 is 14.1 Å². The van der Waals surface area contributed by atoms with Crippen LogP contribution in [0.15, 0.2) is 24.3 Å². The van der Waals surface area contributed by atoms with Gasteiger partial charge in [-0.3, -0.25) is 0 Å². The largest absolute Gasteiger partial charge is 0.448 e. The van der Waals surface area contributed by atoms with E-state index < -0.39 is 5.97 Å². The van der Waals surface area contributed by atoms with Crippen molar-refractivity contribution in [2.75, 3.05) is 11.5 Å². The molecule has 0 saturated carbocycles. The molecule has 2 aromatic heterocycles. The van der Waals surface area contributed by atoms with Crippen LogP contribution in [0.1, 0.15) is 44.0 Å². The normalized spacial score (nSPS) is 10.5. The minimum atomic E-state index is -0.701. The van der Waals surface area contributed by atoms with Crippen LogP contribution in [-0.2, 0) is 24.4 Å². The summed E-state index contributed by atoms with van der Waals surface area (Å²) >= 11 is 5.83. The maximum absolute atomic E-state index is 12.4. The van der Waals surface area contributed by atoms with E-state index >= 15 is 0 Å². The van der Waals surface area contributed by atoms with Gasteiger partial charge in [-0.25, -0.2) is 23.9 Å². The van der Waals surface area contributed by atoms with Crippen LogP contribution in [-0.4, -0.2) is 20.5 Å². The van der Waals surface area contributed by atoms with Crippen molar-refractivity contribution in [2.24, 2.45) is 0 Å². The van der Waals surface area contributed by atoms with Gasteiger partial charge in [-0.2, -0.15) is 0 Å². The minimum absolute atomic E-state index is 0.0318. The molecular formula is C19H26ClN6O2+. The molecule has 0 spiro atoms. The molecule has 0 amide bonds. The SMILES string of the molecule is CC.CCn1c(COC(=O)c2nc(Cl)c(N)nc2N)[n+](CC)c2ccccc21. The summed E-state index contributed by atoms with van der Waals surface area (Å²) in [5.41, 5.74) is 13.3. The highest BCUT2D eigenvalue weighted by atomic mass is 35.5. The second-order valence-electron chi connectivity index (χ2n) is 5.60. The van der Waals surface area contributed by atoms with E-state index in [4.69, 9.17) is 27.8 Å². The van der Waals surface area contributed by atoms with E-state index in [1.54, 1.807) is 0 Å². The number of para-hydroxylation sites is 2. The number of aromatic nitrogens is 4.